The number of para-hydroxylation sites is 1. The lowest BCUT2D eigenvalue weighted by Gasteiger charge is -2.12. The van der Waals surface area contributed by atoms with Gasteiger partial charge in [-0.3, -0.25) is 0 Å². The predicted molar refractivity (Wildman–Crippen MR) is 105 cm³/mol. The summed E-state index contributed by atoms with van der Waals surface area (Å²) in [7, 11) is 0. The second-order valence-electron chi connectivity index (χ2n) is 5.89. The van der Waals surface area contributed by atoms with Crippen molar-refractivity contribution in [3.05, 3.63) is 94.5 Å². The number of rotatable bonds is 7. The predicted octanol–water partition coefficient (Wildman–Crippen LogP) is 6.09. The summed E-state index contributed by atoms with van der Waals surface area (Å²) in [5.41, 5.74) is 4.69. The lowest BCUT2D eigenvalue weighted by molar-refractivity contribution is 0.306. The van der Waals surface area contributed by atoms with E-state index in [4.69, 9.17) is 16.3 Å². The Labute approximate surface area is 154 Å². The number of anilines is 1. The molecule has 0 saturated carbocycles. The molecule has 3 aromatic rings. The molecule has 25 heavy (non-hydrogen) atoms. The summed E-state index contributed by atoms with van der Waals surface area (Å²) >= 11 is 6.18. The van der Waals surface area contributed by atoms with Crippen molar-refractivity contribution in [2.24, 2.45) is 0 Å². The first-order chi connectivity index (χ1) is 12.3. The smallest absolute Gasteiger partial charge is 0.120 e. The van der Waals surface area contributed by atoms with Gasteiger partial charge in [0.1, 0.15) is 12.4 Å². The Hall–Kier alpha value is -2.45. The molecule has 3 rings (SSSR count). The zero-order valence-corrected chi connectivity index (χ0v) is 15.1. The standard InChI is InChI=1S/C22H22ClNO/c1-2-18-9-4-6-13-22(18)24-15-17-8-7-11-20(14-17)25-16-19-10-3-5-12-21(19)23/h3-14,24H,2,15-16H2,1H3. The number of nitrogens with one attached hydrogen (secondary N) is 1. The second-order valence-corrected chi connectivity index (χ2v) is 6.30. The molecule has 0 fully saturated rings. The van der Waals surface area contributed by atoms with Crippen LogP contribution in [-0.4, -0.2) is 0 Å². The van der Waals surface area contributed by atoms with Crippen molar-refractivity contribution in [3.8, 4) is 5.75 Å². The van der Waals surface area contributed by atoms with E-state index in [9.17, 15) is 0 Å². The normalized spacial score (nSPS) is 10.5. The van der Waals surface area contributed by atoms with Gasteiger partial charge in [0, 0.05) is 22.8 Å². The van der Waals surface area contributed by atoms with Crippen molar-refractivity contribution in [2.45, 2.75) is 26.5 Å². The first kappa shape index (κ1) is 17.4. The summed E-state index contributed by atoms with van der Waals surface area (Å²) in [5.74, 6) is 0.850. The van der Waals surface area contributed by atoms with Crippen molar-refractivity contribution in [2.75, 3.05) is 5.32 Å². The van der Waals surface area contributed by atoms with Gasteiger partial charge in [0.05, 0.1) is 0 Å². The minimum Gasteiger partial charge on any atom is -0.489 e. The van der Waals surface area contributed by atoms with Crippen LogP contribution in [0, 0.1) is 0 Å². The molecule has 128 valence electrons. The average Bonchev–Trinajstić information content (AvgIpc) is 2.66. The molecule has 1 N–H and O–H groups in total. The summed E-state index contributed by atoms with van der Waals surface area (Å²) < 4.78 is 5.90. The highest BCUT2D eigenvalue weighted by Crippen LogP contribution is 2.21. The van der Waals surface area contributed by atoms with Crippen molar-refractivity contribution in [3.63, 3.8) is 0 Å². The fourth-order valence-corrected chi connectivity index (χ4v) is 2.91. The molecule has 0 unspecified atom stereocenters. The number of ether oxygens (including phenoxy) is 1. The van der Waals surface area contributed by atoms with Gasteiger partial charge in [-0.1, -0.05) is 67.1 Å². The minimum absolute atomic E-state index is 0.467. The molecule has 3 aromatic carbocycles. The maximum Gasteiger partial charge on any atom is 0.120 e. The van der Waals surface area contributed by atoms with Gasteiger partial charge < -0.3 is 10.1 Å². The lowest BCUT2D eigenvalue weighted by atomic mass is 10.1. The van der Waals surface area contributed by atoms with E-state index in [1.54, 1.807) is 0 Å². The molecule has 0 amide bonds. The highest BCUT2D eigenvalue weighted by Gasteiger charge is 2.03. The van der Waals surface area contributed by atoms with E-state index in [0.717, 1.165) is 29.3 Å². The minimum atomic E-state index is 0.467. The van der Waals surface area contributed by atoms with Crippen molar-refractivity contribution < 1.29 is 4.74 Å². The van der Waals surface area contributed by atoms with E-state index < -0.39 is 0 Å². The van der Waals surface area contributed by atoms with Crippen LogP contribution in [0.4, 0.5) is 5.69 Å². The van der Waals surface area contributed by atoms with Crippen LogP contribution in [0.15, 0.2) is 72.8 Å². The maximum atomic E-state index is 6.18. The molecule has 0 aromatic heterocycles. The Bertz CT molecular complexity index is 832. The van der Waals surface area contributed by atoms with Crippen LogP contribution >= 0.6 is 11.6 Å². The molecular formula is C22H22ClNO. The average molecular weight is 352 g/mol. The summed E-state index contributed by atoms with van der Waals surface area (Å²) in [6, 6.07) is 24.3. The van der Waals surface area contributed by atoms with Crippen LogP contribution in [0.25, 0.3) is 0 Å². The Kier molecular flexibility index (Phi) is 5.97. The Balaban J connectivity index is 1.62. The van der Waals surface area contributed by atoms with Crippen LogP contribution in [0.5, 0.6) is 5.75 Å². The summed E-state index contributed by atoms with van der Waals surface area (Å²) in [4.78, 5) is 0. The molecule has 0 heterocycles. The molecule has 0 aliphatic rings. The first-order valence-corrected chi connectivity index (χ1v) is 8.91. The fourth-order valence-electron chi connectivity index (χ4n) is 2.72. The zero-order valence-electron chi connectivity index (χ0n) is 14.3. The summed E-state index contributed by atoms with van der Waals surface area (Å²) in [6.45, 7) is 3.40. The molecule has 2 nitrogen and oxygen atoms in total. The van der Waals surface area contributed by atoms with Crippen LogP contribution in [0.2, 0.25) is 5.02 Å². The van der Waals surface area contributed by atoms with Crippen molar-refractivity contribution in [1.82, 2.24) is 0 Å². The van der Waals surface area contributed by atoms with Crippen LogP contribution in [-0.2, 0) is 19.6 Å². The third-order valence-corrected chi connectivity index (χ3v) is 4.50. The number of aryl methyl sites for hydroxylation is 1. The number of benzene rings is 3. The largest absolute Gasteiger partial charge is 0.489 e. The third-order valence-electron chi connectivity index (χ3n) is 4.13. The molecule has 0 saturated heterocycles. The molecule has 3 heteroatoms. The molecule has 0 radical (unpaired) electrons. The van der Waals surface area contributed by atoms with Gasteiger partial charge in [-0.05, 0) is 41.8 Å². The topological polar surface area (TPSA) is 21.3 Å². The van der Waals surface area contributed by atoms with E-state index in [1.807, 2.05) is 36.4 Å². The number of hydrogen-bond acceptors (Lipinski definition) is 2. The van der Waals surface area contributed by atoms with Crippen molar-refractivity contribution in [1.29, 1.82) is 0 Å². The zero-order chi connectivity index (χ0) is 17.5. The second kappa shape index (κ2) is 8.59. The van der Waals surface area contributed by atoms with E-state index >= 15 is 0 Å². The quantitative estimate of drug-likeness (QED) is 0.555. The first-order valence-electron chi connectivity index (χ1n) is 8.53. The number of halogens is 1. The maximum absolute atomic E-state index is 6.18. The summed E-state index contributed by atoms with van der Waals surface area (Å²) in [6.07, 6.45) is 1.02. The van der Waals surface area contributed by atoms with Gasteiger partial charge in [-0.25, -0.2) is 0 Å². The molecule has 0 aliphatic carbocycles. The van der Waals surface area contributed by atoms with Gasteiger partial charge in [0.15, 0.2) is 0 Å². The highest BCUT2D eigenvalue weighted by molar-refractivity contribution is 6.31. The van der Waals surface area contributed by atoms with Crippen LogP contribution in [0.1, 0.15) is 23.6 Å². The SMILES string of the molecule is CCc1ccccc1NCc1cccc(OCc2ccccc2Cl)c1. The van der Waals surface area contributed by atoms with Gasteiger partial charge in [-0.2, -0.15) is 0 Å². The summed E-state index contributed by atoms with van der Waals surface area (Å²) in [5, 5.41) is 4.25. The van der Waals surface area contributed by atoms with Crippen LogP contribution in [0.3, 0.4) is 0 Å². The molecule has 0 spiro atoms. The van der Waals surface area contributed by atoms with Gasteiger partial charge >= 0.3 is 0 Å². The number of hydrogen-bond donors (Lipinski definition) is 1. The molecule has 0 bridgehead atoms. The molecule has 0 aliphatic heterocycles. The molecular weight excluding hydrogens is 330 g/mol. The van der Waals surface area contributed by atoms with E-state index in [-0.39, 0.29) is 0 Å². The fraction of sp³-hybridized carbons (Fsp3) is 0.182. The monoisotopic (exact) mass is 351 g/mol. The highest BCUT2D eigenvalue weighted by atomic mass is 35.5. The lowest BCUT2D eigenvalue weighted by Crippen LogP contribution is -2.02. The van der Waals surface area contributed by atoms with E-state index in [1.165, 1.54) is 16.8 Å². The van der Waals surface area contributed by atoms with Gasteiger partial charge in [0.25, 0.3) is 0 Å². The molecule has 0 atom stereocenters. The van der Waals surface area contributed by atoms with E-state index in [2.05, 4.69) is 48.6 Å². The Morgan fingerprint density at radius 2 is 1.64 bits per heavy atom. The van der Waals surface area contributed by atoms with Gasteiger partial charge in [-0.15, -0.1) is 0 Å². The van der Waals surface area contributed by atoms with Gasteiger partial charge in [0.2, 0.25) is 0 Å². The van der Waals surface area contributed by atoms with Crippen LogP contribution < -0.4 is 10.1 Å². The van der Waals surface area contributed by atoms with E-state index in [0.29, 0.717) is 6.61 Å². The Morgan fingerprint density at radius 1 is 0.880 bits per heavy atom. The Morgan fingerprint density at radius 3 is 2.44 bits per heavy atom. The third kappa shape index (κ3) is 4.77. The van der Waals surface area contributed by atoms with Crippen molar-refractivity contribution >= 4 is 17.3 Å².